The minimum Gasteiger partial charge on any atom is -0.492 e. The average Bonchev–Trinajstić information content (AvgIpc) is 2.35. The van der Waals surface area contributed by atoms with Gasteiger partial charge in [-0.05, 0) is 18.2 Å². The molecule has 1 heterocycles. The van der Waals surface area contributed by atoms with E-state index in [4.69, 9.17) is 16.3 Å². The fraction of sp³-hybridized carbons (Fsp3) is 0.273. The lowest BCUT2D eigenvalue weighted by Gasteiger charge is -2.18. The Balaban J connectivity index is 2.27. The number of hydrogen-bond acceptors (Lipinski definition) is 4. The summed E-state index contributed by atoms with van der Waals surface area (Å²) in [6, 6.07) is 5.25. The largest absolute Gasteiger partial charge is 0.492 e. The van der Waals surface area contributed by atoms with Crippen LogP contribution in [0.15, 0.2) is 23.4 Å². The van der Waals surface area contributed by atoms with E-state index in [2.05, 4.69) is 15.3 Å². The predicted molar refractivity (Wildman–Crippen MR) is 63.6 cm³/mol. The number of fused-ring (bicyclic) bond motifs is 1. The van der Waals surface area contributed by atoms with Gasteiger partial charge in [0, 0.05) is 24.1 Å². The van der Waals surface area contributed by atoms with Crippen LogP contribution in [0.1, 0.15) is 12.0 Å². The third kappa shape index (κ3) is 2.68. The highest BCUT2D eigenvalue weighted by Crippen LogP contribution is 2.28. The van der Waals surface area contributed by atoms with Crippen LogP contribution in [0.4, 0.5) is 4.79 Å². The van der Waals surface area contributed by atoms with Crippen molar-refractivity contribution < 1.29 is 14.4 Å². The lowest BCUT2D eigenvalue weighted by molar-refractivity contribution is 0.152. The van der Waals surface area contributed by atoms with Crippen molar-refractivity contribution in [3.8, 4) is 5.75 Å². The standard InChI is InChI=1S/C11H11ClN2O3/c1-13-11(15)17-14-9-4-5-16-10-3-2-7(12)6-8(9)10/h2-3,6H,4-5H2,1H3,(H,13,15). The topological polar surface area (TPSA) is 59.9 Å². The number of rotatable bonds is 1. The number of nitrogens with one attached hydrogen (secondary N) is 1. The highest BCUT2D eigenvalue weighted by molar-refractivity contribution is 6.31. The molecule has 1 amide bonds. The molecule has 5 nitrogen and oxygen atoms in total. The molecule has 6 heteroatoms. The Labute approximate surface area is 103 Å². The van der Waals surface area contributed by atoms with E-state index >= 15 is 0 Å². The molecular weight excluding hydrogens is 244 g/mol. The van der Waals surface area contributed by atoms with Crippen molar-refractivity contribution in [2.24, 2.45) is 5.16 Å². The van der Waals surface area contributed by atoms with E-state index in [9.17, 15) is 4.79 Å². The van der Waals surface area contributed by atoms with Crippen LogP contribution in [-0.2, 0) is 4.84 Å². The number of carbonyl (C=O) groups excluding carboxylic acids is 1. The molecule has 0 aromatic heterocycles. The highest BCUT2D eigenvalue weighted by atomic mass is 35.5. The molecular formula is C11H11ClN2O3. The lowest BCUT2D eigenvalue weighted by Crippen LogP contribution is -2.20. The Morgan fingerprint density at radius 1 is 1.59 bits per heavy atom. The molecule has 0 unspecified atom stereocenters. The van der Waals surface area contributed by atoms with Gasteiger partial charge in [0.1, 0.15) is 5.75 Å². The first-order valence-electron chi connectivity index (χ1n) is 5.09. The van der Waals surface area contributed by atoms with Gasteiger partial charge in [-0.1, -0.05) is 16.8 Å². The van der Waals surface area contributed by atoms with Crippen molar-refractivity contribution in [3.63, 3.8) is 0 Å². The number of nitrogens with zero attached hydrogens (tertiary/aromatic N) is 1. The van der Waals surface area contributed by atoms with E-state index < -0.39 is 6.09 Å². The number of hydrogen-bond donors (Lipinski definition) is 1. The van der Waals surface area contributed by atoms with Crippen LogP contribution in [0, 0.1) is 0 Å². The Bertz CT molecular complexity index is 474. The van der Waals surface area contributed by atoms with E-state index in [1.54, 1.807) is 18.2 Å². The van der Waals surface area contributed by atoms with Crippen molar-refractivity contribution in [1.82, 2.24) is 5.32 Å². The van der Waals surface area contributed by atoms with E-state index in [1.165, 1.54) is 7.05 Å². The fourth-order valence-corrected chi connectivity index (χ4v) is 1.66. The lowest BCUT2D eigenvalue weighted by atomic mass is 10.0. The van der Waals surface area contributed by atoms with Crippen molar-refractivity contribution in [1.29, 1.82) is 0 Å². The number of oxime groups is 1. The predicted octanol–water partition coefficient (Wildman–Crippen LogP) is 2.18. The number of halogens is 1. The molecule has 1 aromatic rings. The van der Waals surface area contributed by atoms with Gasteiger partial charge in [-0.15, -0.1) is 0 Å². The second-order valence-electron chi connectivity index (χ2n) is 3.41. The maximum absolute atomic E-state index is 10.9. The Morgan fingerprint density at radius 3 is 3.18 bits per heavy atom. The molecule has 0 saturated carbocycles. The Hall–Kier alpha value is -1.75. The summed E-state index contributed by atoms with van der Waals surface area (Å²) in [4.78, 5) is 15.6. The summed E-state index contributed by atoms with van der Waals surface area (Å²) in [5, 5.41) is 6.70. The van der Waals surface area contributed by atoms with Crippen LogP contribution in [0.3, 0.4) is 0 Å². The number of carbonyl (C=O) groups is 1. The highest BCUT2D eigenvalue weighted by Gasteiger charge is 2.18. The molecule has 0 spiro atoms. The first-order valence-corrected chi connectivity index (χ1v) is 5.47. The molecule has 0 bridgehead atoms. The van der Waals surface area contributed by atoms with Crippen LogP contribution in [0.5, 0.6) is 5.75 Å². The van der Waals surface area contributed by atoms with Gasteiger partial charge in [-0.25, -0.2) is 4.79 Å². The second kappa shape index (κ2) is 5.05. The van der Waals surface area contributed by atoms with Crippen molar-refractivity contribution >= 4 is 23.4 Å². The molecule has 0 radical (unpaired) electrons. The zero-order chi connectivity index (χ0) is 12.3. The zero-order valence-corrected chi connectivity index (χ0v) is 9.95. The second-order valence-corrected chi connectivity index (χ2v) is 3.84. The van der Waals surface area contributed by atoms with Gasteiger partial charge in [-0.3, -0.25) is 4.84 Å². The Kier molecular flexibility index (Phi) is 3.49. The van der Waals surface area contributed by atoms with Gasteiger partial charge < -0.3 is 10.1 Å². The summed E-state index contributed by atoms with van der Waals surface area (Å²) in [7, 11) is 1.47. The van der Waals surface area contributed by atoms with Gasteiger partial charge in [0.2, 0.25) is 0 Å². The van der Waals surface area contributed by atoms with Crippen LogP contribution in [0.2, 0.25) is 5.02 Å². The van der Waals surface area contributed by atoms with Crippen LogP contribution < -0.4 is 10.1 Å². The van der Waals surface area contributed by atoms with Crippen molar-refractivity contribution in [2.45, 2.75) is 6.42 Å². The third-order valence-corrected chi connectivity index (χ3v) is 2.53. The van der Waals surface area contributed by atoms with Gasteiger partial charge in [0.25, 0.3) is 0 Å². The summed E-state index contributed by atoms with van der Waals surface area (Å²) < 4.78 is 5.45. The smallest absolute Gasteiger partial charge is 0.433 e. The van der Waals surface area contributed by atoms with E-state index in [1.807, 2.05) is 0 Å². The van der Waals surface area contributed by atoms with E-state index in [0.717, 1.165) is 5.56 Å². The molecule has 90 valence electrons. The van der Waals surface area contributed by atoms with Crippen molar-refractivity contribution in [2.75, 3.05) is 13.7 Å². The van der Waals surface area contributed by atoms with Crippen LogP contribution >= 0.6 is 11.6 Å². The molecule has 2 rings (SSSR count). The minimum absolute atomic E-state index is 0.505. The quantitative estimate of drug-likeness (QED) is 0.617. The number of benzene rings is 1. The molecule has 1 N–H and O–H groups in total. The molecule has 17 heavy (non-hydrogen) atoms. The monoisotopic (exact) mass is 254 g/mol. The fourth-order valence-electron chi connectivity index (χ4n) is 1.48. The Morgan fingerprint density at radius 2 is 2.41 bits per heavy atom. The maximum atomic E-state index is 10.9. The molecule has 1 aliphatic heterocycles. The molecule has 1 aliphatic rings. The molecule has 0 fully saturated rings. The third-order valence-electron chi connectivity index (χ3n) is 2.29. The molecule has 0 saturated heterocycles. The maximum Gasteiger partial charge on any atom is 0.433 e. The summed E-state index contributed by atoms with van der Waals surface area (Å²) in [5.74, 6) is 0.694. The first-order chi connectivity index (χ1) is 8.20. The summed E-state index contributed by atoms with van der Waals surface area (Å²) in [6.07, 6.45) is -0.0304. The zero-order valence-electron chi connectivity index (χ0n) is 9.20. The van der Waals surface area contributed by atoms with E-state index in [-0.39, 0.29) is 0 Å². The van der Waals surface area contributed by atoms with Crippen LogP contribution in [0.25, 0.3) is 0 Å². The first kappa shape index (κ1) is 11.7. The minimum atomic E-state index is -0.604. The van der Waals surface area contributed by atoms with Gasteiger partial charge >= 0.3 is 6.09 Å². The van der Waals surface area contributed by atoms with Crippen LogP contribution in [-0.4, -0.2) is 25.5 Å². The van der Waals surface area contributed by atoms with E-state index in [0.29, 0.717) is 29.5 Å². The van der Waals surface area contributed by atoms with Gasteiger partial charge in [0.05, 0.1) is 12.3 Å². The molecule has 1 aromatic carbocycles. The average molecular weight is 255 g/mol. The summed E-state index contributed by atoms with van der Waals surface area (Å²) >= 11 is 5.90. The van der Waals surface area contributed by atoms with Gasteiger partial charge in [0.15, 0.2) is 0 Å². The number of ether oxygens (including phenoxy) is 1. The summed E-state index contributed by atoms with van der Waals surface area (Å²) in [5.41, 5.74) is 1.41. The SMILES string of the molecule is CNC(=O)ON=C1CCOc2ccc(Cl)cc21. The summed E-state index contributed by atoms with van der Waals surface area (Å²) in [6.45, 7) is 0.505. The molecule has 0 atom stereocenters. The normalized spacial score (nSPS) is 16.0. The van der Waals surface area contributed by atoms with Crippen molar-refractivity contribution in [3.05, 3.63) is 28.8 Å². The molecule has 0 aliphatic carbocycles. The van der Waals surface area contributed by atoms with Gasteiger partial charge in [-0.2, -0.15) is 0 Å². The number of amides is 1.